The molecule has 14 heavy (non-hydrogen) atoms. The molecule has 0 aromatic heterocycles. The van der Waals surface area contributed by atoms with Crippen LogP contribution >= 0.6 is 0 Å². The molecule has 1 aromatic rings. The normalized spacial score (nSPS) is 9.36. The summed E-state index contributed by atoms with van der Waals surface area (Å²) in [6, 6.07) is 7.01. The first-order valence-electron chi connectivity index (χ1n) is 4.18. The summed E-state index contributed by atoms with van der Waals surface area (Å²) in [4.78, 5) is 12.8. The summed E-state index contributed by atoms with van der Waals surface area (Å²) in [5, 5.41) is 2.56. The molecule has 0 aliphatic rings. The molecule has 0 fully saturated rings. The number of nitrogens with zero attached hydrogens (tertiary/aromatic N) is 1. The lowest BCUT2D eigenvalue weighted by molar-refractivity contribution is 0.252. The third-order valence-corrected chi connectivity index (χ3v) is 1.77. The molecule has 0 heterocycles. The lowest BCUT2D eigenvalue weighted by atomic mass is 10.2. The maximum atomic E-state index is 10.8. The van der Waals surface area contributed by atoms with Crippen LogP contribution in [0.3, 0.4) is 0 Å². The number of hydrogen-bond acceptors (Lipinski definition) is 3. The monoisotopic (exact) mass is 194 g/mol. The number of carbonyl (C=O) groups is 1. The minimum atomic E-state index is -0.428. The van der Waals surface area contributed by atoms with E-state index in [4.69, 9.17) is 5.84 Å². The van der Waals surface area contributed by atoms with Crippen LogP contribution in [0.4, 0.5) is 16.2 Å². The van der Waals surface area contributed by atoms with Crippen molar-refractivity contribution in [1.29, 1.82) is 0 Å². The van der Waals surface area contributed by atoms with Gasteiger partial charge >= 0.3 is 6.03 Å². The van der Waals surface area contributed by atoms with Gasteiger partial charge in [0.25, 0.3) is 0 Å². The quantitative estimate of drug-likeness (QED) is 0.369. The number of anilines is 2. The molecule has 0 saturated carbocycles. The summed E-state index contributed by atoms with van der Waals surface area (Å²) in [6.45, 7) is 0. The molecule has 0 saturated heterocycles. The zero-order valence-electron chi connectivity index (χ0n) is 8.24. The molecule has 0 radical (unpaired) electrons. The van der Waals surface area contributed by atoms with Crippen LogP contribution in [-0.2, 0) is 0 Å². The van der Waals surface area contributed by atoms with Crippen molar-refractivity contribution >= 4 is 17.4 Å². The Bertz CT molecular complexity index is 307. The molecule has 0 aliphatic carbocycles. The molecule has 5 heteroatoms. The standard InChI is InChI=1S/C9H14N4O/c1-13(2)8-5-3-7(4-6-8)11-9(14)12-10/h3-6H,10H2,1-2H3,(H2,11,12,14). The SMILES string of the molecule is CN(C)c1ccc(NC(=O)NN)cc1. The number of nitrogens with one attached hydrogen (secondary N) is 2. The van der Waals surface area contributed by atoms with Crippen LogP contribution in [0.2, 0.25) is 0 Å². The Kier molecular flexibility index (Phi) is 3.30. The first kappa shape index (κ1) is 10.3. The number of hydrazine groups is 1. The molecule has 1 aromatic carbocycles. The van der Waals surface area contributed by atoms with E-state index in [1.54, 1.807) is 0 Å². The molecule has 0 atom stereocenters. The predicted molar refractivity (Wildman–Crippen MR) is 57.1 cm³/mol. The van der Waals surface area contributed by atoms with Crippen molar-refractivity contribution in [2.45, 2.75) is 0 Å². The van der Waals surface area contributed by atoms with Gasteiger partial charge in [-0.05, 0) is 24.3 Å². The Hall–Kier alpha value is -1.75. The van der Waals surface area contributed by atoms with Gasteiger partial charge in [-0.1, -0.05) is 0 Å². The summed E-state index contributed by atoms with van der Waals surface area (Å²) in [7, 11) is 3.91. The lowest BCUT2D eigenvalue weighted by Gasteiger charge is -2.12. The Morgan fingerprint density at radius 3 is 2.29 bits per heavy atom. The van der Waals surface area contributed by atoms with E-state index >= 15 is 0 Å². The molecule has 0 aliphatic heterocycles. The molecule has 1 rings (SSSR count). The van der Waals surface area contributed by atoms with Gasteiger partial charge in [0.05, 0.1) is 0 Å². The minimum absolute atomic E-state index is 0.428. The van der Waals surface area contributed by atoms with Gasteiger partial charge in [-0.15, -0.1) is 0 Å². The number of rotatable bonds is 2. The maximum absolute atomic E-state index is 10.8. The van der Waals surface area contributed by atoms with E-state index in [-0.39, 0.29) is 0 Å². The highest BCUT2D eigenvalue weighted by Gasteiger charge is 1.99. The third-order valence-electron chi connectivity index (χ3n) is 1.77. The highest BCUT2D eigenvalue weighted by molar-refractivity contribution is 5.88. The van der Waals surface area contributed by atoms with E-state index in [0.717, 1.165) is 5.69 Å². The second kappa shape index (κ2) is 4.48. The first-order chi connectivity index (χ1) is 6.63. The number of nitrogens with two attached hydrogens (primary N) is 1. The van der Waals surface area contributed by atoms with Crippen LogP contribution in [0.15, 0.2) is 24.3 Å². The van der Waals surface area contributed by atoms with Gasteiger partial charge < -0.3 is 10.2 Å². The minimum Gasteiger partial charge on any atom is -0.378 e. The molecule has 0 unspecified atom stereocenters. The van der Waals surface area contributed by atoms with Gasteiger partial charge in [-0.25, -0.2) is 10.6 Å². The van der Waals surface area contributed by atoms with Crippen LogP contribution in [0.25, 0.3) is 0 Å². The largest absolute Gasteiger partial charge is 0.378 e. The average molecular weight is 194 g/mol. The summed E-state index contributed by atoms with van der Waals surface area (Å²) in [5.41, 5.74) is 3.77. The topological polar surface area (TPSA) is 70.4 Å². The zero-order valence-corrected chi connectivity index (χ0v) is 8.24. The van der Waals surface area contributed by atoms with Gasteiger partial charge in [-0.2, -0.15) is 0 Å². The van der Waals surface area contributed by atoms with Crippen molar-refractivity contribution < 1.29 is 4.79 Å². The molecule has 0 spiro atoms. The predicted octanol–water partition coefficient (Wildman–Crippen LogP) is 0.748. The lowest BCUT2D eigenvalue weighted by Crippen LogP contribution is -2.34. The van der Waals surface area contributed by atoms with Gasteiger partial charge in [0, 0.05) is 25.5 Å². The number of carbonyl (C=O) groups excluding carboxylic acids is 1. The molecule has 0 bridgehead atoms. The van der Waals surface area contributed by atoms with Crippen molar-refractivity contribution in [3.05, 3.63) is 24.3 Å². The van der Waals surface area contributed by atoms with Crippen molar-refractivity contribution in [2.24, 2.45) is 5.84 Å². The Labute approximate surface area is 82.9 Å². The molecule has 76 valence electrons. The molecule has 5 nitrogen and oxygen atoms in total. The van der Waals surface area contributed by atoms with Crippen LogP contribution in [-0.4, -0.2) is 20.1 Å². The highest BCUT2D eigenvalue weighted by atomic mass is 16.2. The van der Waals surface area contributed by atoms with Gasteiger partial charge in [0.1, 0.15) is 0 Å². The van der Waals surface area contributed by atoms with Crippen molar-refractivity contribution in [1.82, 2.24) is 5.43 Å². The smallest absolute Gasteiger partial charge is 0.333 e. The van der Waals surface area contributed by atoms with Crippen LogP contribution in [0.5, 0.6) is 0 Å². The zero-order chi connectivity index (χ0) is 10.6. The van der Waals surface area contributed by atoms with Gasteiger partial charge in [-0.3, -0.25) is 5.43 Å². The fourth-order valence-electron chi connectivity index (χ4n) is 1.01. The number of hydrogen-bond donors (Lipinski definition) is 3. The molecular formula is C9H14N4O. The van der Waals surface area contributed by atoms with Crippen LogP contribution < -0.4 is 21.5 Å². The fourth-order valence-corrected chi connectivity index (χ4v) is 1.01. The second-order valence-electron chi connectivity index (χ2n) is 3.04. The number of benzene rings is 1. The summed E-state index contributed by atoms with van der Waals surface area (Å²) >= 11 is 0. The maximum Gasteiger partial charge on any atom is 0.333 e. The van der Waals surface area contributed by atoms with E-state index in [0.29, 0.717) is 5.69 Å². The second-order valence-corrected chi connectivity index (χ2v) is 3.04. The van der Waals surface area contributed by atoms with Crippen molar-refractivity contribution in [3.63, 3.8) is 0 Å². The van der Waals surface area contributed by atoms with E-state index in [2.05, 4.69) is 5.32 Å². The summed E-state index contributed by atoms with van der Waals surface area (Å²) in [5.74, 6) is 4.93. The highest BCUT2D eigenvalue weighted by Crippen LogP contribution is 2.15. The van der Waals surface area contributed by atoms with Crippen LogP contribution in [0, 0.1) is 0 Å². The van der Waals surface area contributed by atoms with E-state index in [1.165, 1.54) is 0 Å². The molecule has 4 N–H and O–H groups in total. The Balaban J connectivity index is 2.69. The van der Waals surface area contributed by atoms with E-state index in [9.17, 15) is 4.79 Å². The summed E-state index contributed by atoms with van der Waals surface area (Å²) < 4.78 is 0. The summed E-state index contributed by atoms with van der Waals surface area (Å²) in [6.07, 6.45) is 0. The van der Waals surface area contributed by atoms with E-state index in [1.807, 2.05) is 48.7 Å². The van der Waals surface area contributed by atoms with E-state index < -0.39 is 6.03 Å². The molecule has 2 amide bonds. The van der Waals surface area contributed by atoms with Crippen molar-refractivity contribution in [3.8, 4) is 0 Å². The first-order valence-corrected chi connectivity index (χ1v) is 4.18. The number of amides is 2. The van der Waals surface area contributed by atoms with Crippen molar-refractivity contribution in [2.75, 3.05) is 24.3 Å². The van der Waals surface area contributed by atoms with Gasteiger partial charge in [0.15, 0.2) is 0 Å². The Morgan fingerprint density at radius 2 is 1.86 bits per heavy atom. The number of urea groups is 1. The average Bonchev–Trinajstić information content (AvgIpc) is 2.18. The Morgan fingerprint density at radius 1 is 1.29 bits per heavy atom. The third kappa shape index (κ3) is 2.63. The van der Waals surface area contributed by atoms with Crippen LogP contribution in [0.1, 0.15) is 0 Å². The fraction of sp³-hybridized carbons (Fsp3) is 0.222. The molecular weight excluding hydrogens is 180 g/mol. The van der Waals surface area contributed by atoms with Gasteiger partial charge in [0.2, 0.25) is 0 Å².